The van der Waals surface area contributed by atoms with E-state index in [4.69, 9.17) is 5.11 Å². The second-order valence-corrected chi connectivity index (χ2v) is 2.52. The van der Waals surface area contributed by atoms with Crippen LogP contribution in [0.25, 0.3) is 11.2 Å². The number of nitrogens with zero attached hydrogens (tertiary/aromatic N) is 3. The number of aromatic nitrogens is 4. The van der Waals surface area contributed by atoms with E-state index in [1.54, 1.807) is 0 Å². The summed E-state index contributed by atoms with van der Waals surface area (Å²) in [6.45, 7) is 0. The van der Waals surface area contributed by atoms with Gasteiger partial charge in [0.05, 0.1) is 5.56 Å². The van der Waals surface area contributed by atoms with Crippen LogP contribution in [-0.2, 0) is 4.79 Å². The fourth-order valence-corrected chi connectivity index (χ4v) is 0.988. The standard InChI is InChI=1S/C7H4N4O3/c12-5(7(13)14)3-1-4-6(8-2-3)10-11-9-4/h1-2H,(H,13,14)(H,8,9,10,11). The fourth-order valence-electron chi connectivity index (χ4n) is 0.988. The summed E-state index contributed by atoms with van der Waals surface area (Å²) in [6, 6.07) is 1.32. The lowest BCUT2D eigenvalue weighted by Gasteiger charge is -1.92. The van der Waals surface area contributed by atoms with Crippen molar-refractivity contribution in [3.05, 3.63) is 17.8 Å². The van der Waals surface area contributed by atoms with Crippen LogP contribution in [0.2, 0.25) is 0 Å². The van der Waals surface area contributed by atoms with E-state index < -0.39 is 11.8 Å². The maximum atomic E-state index is 11.0. The third-order valence-electron chi connectivity index (χ3n) is 1.63. The molecule has 7 heteroatoms. The number of fused-ring (bicyclic) bond motifs is 1. The number of nitrogens with one attached hydrogen (secondary N) is 1. The van der Waals surface area contributed by atoms with Crippen LogP contribution in [-0.4, -0.2) is 37.3 Å². The van der Waals surface area contributed by atoms with E-state index in [1.807, 2.05) is 0 Å². The Kier molecular flexibility index (Phi) is 1.70. The van der Waals surface area contributed by atoms with Crippen molar-refractivity contribution in [2.24, 2.45) is 0 Å². The first kappa shape index (κ1) is 8.30. The number of ketones is 1. The van der Waals surface area contributed by atoms with E-state index >= 15 is 0 Å². The highest BCUT2D eigenvalue weighted by atomic mass is 16.4. The number of carbonyl (C=O) groups excluding carboxylic acids is 1. The van der Waals surface area contributed by atoms with Crippen LogP contribution in [0.5, 0.6) is 0 Å². The van der Waals surface area contributed by atoms with Crippen molar-refractivity contribution in [1.29, 1.82) is 0 Å². The van der Waals surface area contributed by atoms with Crippen molar-refractivity contribution in [3.63, 3.8) is 0 Å². The molecule has 0 atom stereocenters. The van der Waals surface area contributed by atoms with Crippen molar-refractivity contribution < 1.29 is 14.7 Å². The molecule has 0 aromatic carbocycles. The first-order chi connectivity index (χ1) is 6.68. The highest BCUT2D eigenvalue weighted by Crippen LogP contribution is 2.07. The molecule has 70 valence electrons. The van der Waals surface area contributed by atoms with Gasteiger partial charge in [0.25, 0.3) is 5.78 Å². The first-order valence-electron chi connectivity index (χ1n) is 3.62. The van der Waals surface area contributed by atoms with Crippen LogP contribution < -0.4 is 0 Å². The highest BCUT2D eigenvalue weighted by molar-refractivity contribution is 6.40. The summed E-state index contributed by atoms with van der Waals surface area (Å²) >= 11 is 0. The fraction of sp³-hybridized carbons (Fsp3) is 0. The minimum Gasteiger partial charge on any atom is -0.475 e. The Morgan fingerprint density at radius 2 is 2.14 bits per heavy atom. The lowest BCUT2D eigenvalue weighted by molar-refractivity contribution is -0.131. The lowest BCUT2D eigenvalue weighted by atomic mass is 10.2. The Morgan fingerprint density at radius 1 is 1.36 bits per heavy atom. The van der Waals surface area contributed by atoms with E-state index in [-0.39, 0.29) is 5.56 Å². The van der Waals surface area contributed by atoms with Crippen molar-refractivity contribution in [3.8, 4) is 0 Å². The highest BCUT2D eigenvalue weighted by Gasteiger charge is 2.15. The number of pyridine rings is 1. The lowest BCUT2D eigenvalue weighted by Crippen LogP contribution is -2.12. The molecule has 0 amide bonds. The average Bonchev–Trinajstić information content (AvgIpc) is 2.62. The number of carboxylic acids is 1. The Bertz CT molecular complexity index is 518. The topological polar surface area (TPSA) is 109 Å². The van der Waals surface area contributed by atoms with Gasteiger partial charge >= 0.3 is 5.97 Å². The molecule has 2 rings (SSSR count). The first-order valence-corrected chi connectivity index (χ1v) is 3.62. The van der Waals surface area contributed by atoms with E-state index in [1.165, 1.54) is 6.07 Å². The molecule has 0 unspecified atom stereocenters. The van der Waals surface area contributed by atoms with Gasteiger partial charge in [-0.15, -0.1) is 5.10 Å². The largest absolute Gasteiger partial charge is 0.475 e. The molecule has 0 saturated carbocycles. The average molecular weight is 192 g/mol. The van der Waals surface area contributed by atoms with Crippen molar-refractivity contribution >= 4 is 22.9 Å². The molecular formula is C7H4N4O3. The zero-order valence-electron chi connectivity index (χ0n) is 6.76. The maximum Gasteiger partial charge on any atom is 0.377 e. The minimum absolute atomic E-state index is 0.0149. The van der Waals surface area contributed by atoms with Gasteiger partial charge in [-0.25, -0.2) is 9.78 Å². The van der Waals surface area contributed by atoms with Crippen LogP contribution >= 0.6 is 0 Å². The Balaban J connectivity index is 2.54. The molecule has 14 heavy (non-hydrogen) atoms. The number of Topliss-reactive ketones (excluding diaryl/α,β-unsaturated/α-hetero) is 1. The summed E-state index contributed by atoms with van der Waals surface area (Å²) < 4.78 is 0. The molecule has 0 spiro atoms. The molecular weight excluding hydrogens is 188 g/mol. The molecule has 0 aliphatic heterocycles. The number of carbonyl (C=O) groups is 2. The minimum atomic E-state index is -1.52. The number of aliphatic carboxylic acids is 1. The van der Waals surface area contributed by atoms with Gasteiger partial charge in [-0.3, -0.25) is 4.79 Å². The number of rotatable bonds is 2. The van der Waals surface area contributed by atoms with Crippen LogP contribution in [0.3, 0.4) is 0 Å². The number of hydrogen-bond acceptors (Lipinski definition) is 5. The SMILES string of the molecule is O=C(O)C(=O)c1cnc2n[nH]nc2c1. The monoisotopic (exact) mass is 192 g/mol. The predicted octanol–water partition coefficient (Wildman–Crippen LogP) is -0.380. The summed E-state index contributed by atoms with van der Waals surface area (Å²) in [5.41, 5.74) is 0.683. The summed E-state index contributed by atoms with van der Waals surface area (Å²) in [6.07, 6.45) is 1.15. The summed E-state index contributed by atoms with van der Waals surface area (Å²) in [5, 5.41) is 18.1. The van der Waals surface area contributed by atoms with Gasteiger partial charge in [0.1, 0.15) is 5.52 Å². The molecule has 0 aliphatic carbocycles. The Morgan fingerprint density at radius 3 is 2.86 bits per heavy atom. The molecule has 0 radical (unpaired) electrons. The number of hydrogen-bond donors (Lipinski definition) is 2. The second-order valence-electron chi connectivity index (χ2n) is 2.52. The van der Waals surface area contributed by atoms with Gasteiger partial charge in [-0.05, 0) is 6.07 Å². The van der Waals surface area contributed by atoms with E-state index in [2.05, 4.69) is 20.4 Å². The van der Waals surface area contributed by atoms with Crippen LogP contribution in [0, 0.1) is 0 Å². The molecule has 2 aromatic heterocycles. The second kappa shape index (κ2) is 2.87. The van der Waals surface area contributed by atoms with E-state index in [0.717, 1.165) is 6.20 Å². The normalized spacial score (nSPS) is 10.3. The zero-order valence-corrected chi connectivity index (χ0v) is 6.76. The molecule has 0 bridgehead atoms. The van der Waals surface area contributed by atoms with Gasteiger partial charge < -0.3 is 5.11 Å². The molecule has 2 aromatic rings. The molecule has 0 aliphatic rings. The van der Waals surface area contributed by atoms with Gasteiger partial charge in [0.2, 0.25) is 5.65 Å². The summed E-state index contributed by atoms with van der Waals surface area (Å²) in [5.74, 6) is -2.53. The third-order valence-corrected chi connectivity index (χ3v) is 1.63. The quantitative estimate of drug-likeness (QED) is 0.495. The third kappa shape index (κ3) is 1.20. The van der Waals surface area contributed by atoms with E-state index in [9.17, 15) is 9.59 Å². The van der Waals surface area contributed by atoms with Gasteiger partial charge in [0, 0.05) is 6.20 Å². The Labute approximate surface area is 76.8 Å². The van der Waals surface area contributed by atoms with Crippen LogP contribution in [0.15, 0.2) is 12.3 Å². The summed E-state index contributed by atoms with van der Waals surface area (Å²) in [4.78, 5) is 25.1. The van der Waals surface area contributed by atoms with Crippen molar-refractivity contribution in [1.82, 2.24) is 20.4 Å². The van der Waals surface area contributed by atoms with Gasteiger partial charge in [-0.2, -0.15) is 10.3 Å². The van der Waals surface area contributed by atoms with Crippen LogP contribution in [0.1, 0.15) is 10.4 Å². The number of aromatic amines is 1. The molecule has 2 N–H and O–H groups in total. The van der Waals surface area contributed by atoms with Crippen molar-refractivity contribution in [2.75, 3.05) is 0 Å². The van der Waals surface area contributed by atoms with Gasteiger partial charge in [0.15, 0.2) is 0 Å². The predicted molar refractivity (Wildman–Crippen MR) is 43.7 cm³/mol. The Hall–Kier alpha value is -2.31. The van der Waals surface area contributed by atoms with E-state index in [0.29, 0.717) is 11.2 Å². The number of H-pyrrole nitrogens is 1. The zero-order chi connectivity index (χ0) is 10.1. The molecule has 0 fully saturated rings. The maximum absolute atomic E-state index is 11.0. The molecule has 2 heterocycles. The summed E-state index contributed by atoms with van der Waals surface area (Å²) in [7, 11) is 0. The number of carboxylic acid groups (broad SMARTS) is 1. The molecule has 0 saturated heterocycles. The van der Waals surface area contributed by atoms with Crippen molar-refractivity contribution in [2.45, 2.75) is 0 Å². The van der Waals surface area contributed by atoms with Gasteiger partial charge in [-0.1, -0.05) is 0 Å². The van der Waals surface area contributed by atoms with Crippen LogP contribution in [0.4, 0.5) is 0 Å². The smallest absolute Gasteiger partial charge is 0.377 e. The molecule has 7 nitrogen and oxygen atoms in total.